The van der Waals surface area contributed by atoms with Crippen molar-refractivity contribution in [1.82, 2.24) is 0 Å². The Labute approximate surface area is 136 Å². The topological polar surface area (TPSA) is 46.6 Å². The Bertz CT molecular complexity index is 705. The Morgan fingerprint density at radius 3 is 2.26 bits per heavy atom. The van der Waals surface area contributed by atoms with Gasteiger partial charge in [-0.2, -0.15) is 0 Å². The van der Waals surface area contributed by atoms with Crippen LogP contribution in [0, 0.1) is 6.92 Å². The van der Waals surface area contributed by atoms with Crippen LogP contribution in [0.15, 0.2) is 48.5 Å². The fraction of sp³-hybridized carbons (Fsp3) is 0.263. The number of esters is 1. The minimum atomic E-state index is -0.826. The van der Waals surface area contributed by atoms with Crippen molar-refractivity contribution >= 4 is 17.4 Å². The maximum absolute atomic E-state index is 12.3. The van der Waals surface area contributed by atoms with Gasteiger partial charge in [0.25, 0.3) is 0 Å². The predicted molar refractivity (Wildman–Crippen MR) is 91.2 cm³/mol. The lowest BCUT2D eigenvalue weighted by Crippen LogP contribution is -2.24. The van der Waals surface area contributed by atoms with E-state index in [1.807, 2.05) is 44.1 Å². The summed E-state index contributed by atoms with van der Waals surface area (Å²) in [5, 5.41) is 0. The van der Waals surface area contributed by atoms with E-state index in [0.29, 0.717) is 11.1 Å². The largest absolute Gasteiger partial charge is 0.451 e. The molecule has 0 saturated heterocycles. The molecule has 0 saturated carbocycles. The van der Waals surface area contributed by atoms with Crippen LogP contribution in [0.25, 0.3) is 0 Å². The molecule has 4 nitrogen and oxygen atoms in total. The van der Waals surface area contributed by atoms with Gasteiger partial charge in [0.2, 0.25) is 5.78 Å². The summed E-state index contributed by atoms with van der Waals surface area (Å²) in [6, 6.07) is 14.3. The SMILES string of the molecule is Cc1ccc(C(=O)[C@@H](C)OC(=O)c2cccc(N(C)C)c2)cc1. The monoisotopic (exact) mass is 311 g/mol. The number of benzene rings is 2. The number of Topliss-reactive ketones (excluding diaryl/α,β-unsaturated/α-hetero) is 1. The zero-order valence-electron chi connectivity index (χ0n) is 13.9. The van der Waals surface area contributed by atoms with E-state index < -0.39 is 12.1 Å². The Balaban J connectivity index is 2.08. The molecule has 120 valence electrons. The second-order valence-electron chi connectivity index (χ2n) is 5.72. The number of carbonyl (C=O) groups excluding carboxylic acids is 2. The van der Waals surface area contributed by atoms with Crippen molar-refractivity contribution in [3.8, 4) is 0 Å². The third-order valence-corrected chi connectivity index (χ3v) is 3.59. The van der Waals surface area contributed by atoms with E-state index in [0.717, 1.165) is 11.3 Å². The second-order valence-corrected chi connectivity index (χ2v) is 5.72. The summed E-state index contributed by atoms with van der Waals surface area (Å²) in [6.07, 6.45) is -0.826. The van der Waals surface area contributed by atoms with E-state index >= 15 is 0 Å². The Hall–Kier alpha value is -2.62. The molecule has 1 atom stereocenters. The van der Waals surface area contributed by atoms with Crippen molar-refractivity contribution in [3.63, 3.8) is 0 Å². The number of ether oxygens (including phenoxy) is 1. The predicted octanol–water partition coefficient (Wildman–Crippen LogP) is 3.49. The van der Waals surface area contributed by atoms with Crippen LogP contribution in [-0.2, 0) is 4.74 Å². The van der Waals surface area contributed by atoms with Crippen LogP contribution in [0.4, 0.5) is 5.69 Å². The molecule has 0 heterocycles. The van der Waals surface area contributed by atoms with Gasteiger partial charge in [0.05, 0.1) is 5.56 Å². The second kappa shape index (κ2) is 7.09. The number of carbonyl (C=O) groups is 2. The van der Waals surface area contributed by atoms with Crippen molar-refractivity contribution in [2.45, 2.75) is 20.0 Å². The number of nitrogens with zero attached hydrogens (tertiary/aromatic N) is 1. The van der Waals surface area contributed by atoms with Crippen LogP contribution in [0.5, 0.6) is 0 Å². The van der Waals surface area contributed by atoms with E-state index in [-0.39, 0.29) is 5.78 Å². The summed E-state index contributed by atoms with van der Waals surface area (Å²) in [6.45, 7) is 3.55. The molecular formula is C19H21NO3. The smallest absolute Gasteiger partial charge is 0.338 e. The number of rotatable bonds is 5. The number of hydrogen-bond acceptors (Lipinski definition) is 4. The first-order chi connectivity index (χ1) is 10.9. The number of anilines is 1. The molecule has 0 N–H and O–H groups in total. The molecule has 0 fully saturated rings. The van der Waals surface area contributed by atoms with E-state index in [2.05, 4.69) is 0 Å². The molecule has 0 aliphatic carbocycles. The van der Waals surface area contributed by atoms with Gasteiger partial charge in [0, 0.05) is 25.3 Å². The van der Waals surface area contributed by atoms with E-state index in [4.69, 9.17) is 4.74 Å². The lowest BCUT2D eigenvalue weighted by molar-refractivity contribution is 0.0319. The van der Waals surface area contributed by atoms with Crippen molar-refractivity contribution in [2.24, 2.45) is 0 Å². The Morgan fingerprint density at radius 1 is 1.00 bits per heavy atom. The van der Waals surface area contributed by atoms with Gasteiger partial charge >= 0.3 is 5.97 Å². The number of ketones is 1. The first-order valence-corrected chi connectivity index (χ1v) is 7.47. The first-order valence-electron chi connectivity index (χ1n) is 7.47. The van der Waals surface area contributed by atoms with Crippen molar-refractivity contribution < 1.29 is 14.3 Å². The van der Waals surface area contributed by atoms with Crippen LogP contribution in [-0.4, -0.2) is 32.0 Å². The van der Waals surface area contributed by atoms with E-state index in [9.17, 15) is 9.59 Å². The molecule has 0 aromatic heterocycles. The number of hydrogen-bond donors (Lipinski definition) is 0. The van der Waals surface area contributed by atoms with Crippen molar-refractivity contribution in [3.05, 3.63) is 65.2 Å². The van der Waals surface area contributed by atoms with Gasteiger partial charge in [-0.05, 0) is 32.0 Å². The van der Waals surface area contributed by atoms with Gasteiger partial charge < -0.3 is 9.64 Å². The quantitative estimate of drug-likeness (QED) is 0.626. The van der Waals surface area contributed by atoms with Crippen molar-refractivity contribution in [1.29, 1.82) is 0 Å². The minimum Gasteiger partial charge on any atom is -0.451 e. The normalized spacial score (nSPS) is 11.7. The van der Waals surface area contributed by atoms with Gasteiger partial charge in [0.15, 0.2) is 6.10 Å². The first kappa shape index (κ1) is 16.7. The van der Waals surface area contributed by atoms with Crippen LogP contribution in [0.2, 0.25) is 0 Å². The molecule has 0 aliphatic heterocycles. The van der Waals surface area contributed by atoms with Crippen LogP contribution in [0.1, 0.15) is 33.2 Å². The summed E-state index contributed by atoms with van der Waals surface area (Å²) >= 11 is 0. The molecule has 0 unspecified atom stereocenters. The molecule has 0 aliphatic rings. The molecule has 0 radical (unpaired) electrons. The molecular weight excluding hydrogens is 290 g/mol. The fourth-order valence-electron chi connectivity index (χ4n) is 2.15. The third-order valence-electron chi connectivity index (χ3n) is 3.59. The van der Waals surface area contributed by atoms with Crippen LogP contribution >= 0.6 is 0 Å². The summed E-state index contributed by atoms with van der Waals surface area (Å²) in [5.41, 5.74) is 2.95. The molecule has 0 bridgehead atoms. The van der Waals surface area contributed by atoms with Crippen molar-refractivity contribution in [2.75, 3.05) is 19.0 Å². The highest BCUT2D eigenvalue weighted by Crippen LogP contribution is 2.16. The third kappa shape index (κ3) is 4.19. The van der Waals surface area contributed by atoms with Crippen LogP contribution < -0.4 is 4.90 Å². The highest BCUT2D eigenvalue weighted by atomic mass is 16.5. The standard InChI is InChI=1S/C19H21NO3/c1-13-8-10-15(11-9-13)18(21)14(2)23-19(22)16-6-5-7-17(12-16)20(3)4/h5-12,14H,1-4H3/t14-/m1/s1. The van der Waals surface area contributed by atoms with E-state index in [1.165, 1.54) is 0 Å². The molecule has 23 heavy (non-hydrogen) atoms. The molecule has 0 amide bonds. The Kier molecular flexibility index (Phi) is 5.16. The fourth-order valence-corrected chi connectivity index (χ4v) is 2.15. The Morgan fingerprint density at radius 2 is 1.65 bits per heavy atom. The van der Waals surface area contributed by atoms with Gasteiger partial charge in [-0.15, -0.1) is 0 Å². The highest BCUT2D eigenvalue weighted by Gasteiger charge is 2.20. The van der Waals surface area contributed by atoms with Gasteiger partial charge in [-0.3, -0.25) is 4.79 Å². The lowest BCUT2D eigenvalue weighted by Gasteiger charge is -2.15. The maximum atomic E-state index is 12.3. The van der Waals surface area contributed by atoms with Gasteiger partial charge in [-0.25, -0.2) is 4.79 Å². The summed E-state index contributed by atoms with van der Waals surface area (Å²) in [4.78, 5) is 26.4. The molecule has 0 spiro atoms. The van der Waals surface area contributed by atoms with Crippen LogP contribution in [0.3, 0.4) is 0 Å². The minimum absolute atomic E-state index is 0.206. The molecule has 2 aromatic rings. The summed E-state index contributed by atoms with van der Waals surface area (Å²) in [7, 11) is 3.79. The average molecular weight is 311 g/mol. The average Bonchev–Trinajstić information content (AvgIpc) is 2.54. The van der Waals surface area contributed by atoms with Gasteiger partial charge in [0.1, 0.15) is 0 Å². The summed E-state index contributed by atoms with van der Waals surface area (Å²) < 4.78 is 5.31. The molecule has 4 heteroatoms. The zero-order valence-corrected chi connectivity index (χ0v) is 13.9. The zero-order chi connectivity index (χ0) is 17.0. The van der Waals surface area contributed by atoms with E-state index in [1.54, 1.807) is 37.3 Å². The lowest BCUT2D eigenvalue weighted by atomic mass is 10.1. The number of aryl methyl sites for hydroxylation is 1. The molecule has 2 rings (SSSR count). The summed E-state index contributed by atoms with van der Waals surface area (Å²) in [5.74, 6) is -0.705. The maximum Gasteiger partial charge on any atom is 0.338 e. The highest BCUT2D eigenvalue weighted by molar-refractivity contribution is 6.01. The van der Waals surface area contributed by atoms with Gasteiger partial charge in [-0.1, -0.05) is 35.9 Å². The molecule has 2 aromatic carbocycles.